The van der Waals surface area contributed by atoms with Crippen LogP contribution in [-0.4, -0.2) is 30.2 Å². The van der Waals surface area contributed by atoms with Crippen molar-refractivity contribution in [2.45, 2.75) is 18.7 Å². The van der Waals surface area contributed by atoms with Gasteiger partial charge in [-0.05, 0) is 36.8 Å². The minimum atomic E-state index is -0.639. The van der Waals surface area contributed by atoms with Crippen LogP contribution < -0.4 is 10.6 Å². The summed E-state index contributed by atoms with van der Waals surface area (Å²) in [6.07, 6.45) is 0. The summed E-state index contributed by atoms with van der Waals surface area (Å²) in [7, 11) is 0. The number of hydrogen-bond donors (Lipinski definition) is 2. The van der Waals surface area contributed by atoms with Gasteiger partial charge in [-0.1, -0.05) is 47.5 Å². The fourth-order valence-corrected chi connectivity index (χ4v) is 3.32. The molecule has 0 aliphatic carbocycles. The number of nitrogens with one attached hydrogen (secondary N) is 2. The van der Waals surface area contributed by atoms with Crippen LogP contribution in [0.1, 0.15) is 22.8 Å². The quantitative estimate of drug-likeness (QED) is 0.642. The maximum absolute atomic E-state index is 12.1. The zero-order valence-corrected chi connectivity index (χ0v) is 16.6. The Morgan fingerprint density at radius 3 is 2.46 bits per heavy atom. The average Bonchev–Trinajstić information content (AvgIpc) is 2.63. The summed E-state index contributed by atoms with van der Waals surface area (Å²) in [4.78, 5) is 24.2. The Hall–Kier alpha value is -1.69. The normalized spacial score (nSPS) is 11.7. The molecule has 0 unspecified atom stereocenters. The Morgan fingerprint density at radius 1 is 1.08 bits per heavy atom. The van der Waals surface area contributed by atoms with E-state index in [-0.39, 0.29) is 11.8 Å². The summed E-state index contributed by atoms with van der Waals surface area (Å²) in [6.45, 7) is 2.17. The van der Waals surface area contributed by atoms with Gasteiger partial charge in [0.25, 0.3) is 5.91 Å². The molecule has 0 aliphatic rings. The first kappa shape index (κ1) is 20.6. The summed E-state index contributed by atoms with van der Waals surface area (Å²) in [6, 6.07) is 13.8. The van der Waals surface area contributed by atoms with E-state index in [1.54, 1.807) is 43.0 Å². The third-order valence-corrected chi connectivity index (χ3v) is 5.20. The highest BCUT2D eigenvalue weighted by atomic mass is 35.5. The fraction of sp³-hybridized carbons (Fsp3) is 0.263. The molecule has 4 nitrogen and oxygen atoms in total. The van der Waals surface area contributed by atoms with Gasteiger partial charge in [0.2, 0.25) is 5.91 Å². The first-order valence-corrected chi connectivity index (χ1v) is 10.0. The summed E-state index contributed by atoms with van der Waals surface area (Å²) in [5, 5.41) is 6.55. The molecule has 26 heavy (non-hydrogen) atoms. The number of amides is 2. The molecule has 2 aromatic rings. The average molecular weight is 411 g/mol. The molecule has 0 spiro atoms. The van der Waals surface area contributed by atoms with Crippen molar-refractivity contribution in [1.82, 2.24) is 10.6 Å². The zero-order chi connectivity index (χ0) is 18.9. The third kappa shape index (κ3) is 6.56. The molecule has 0 saturated heterocycles. The second-order valence-electron chi connectivity index (χ2n) is 5.65. The van der Waals surface area contributed by atoms with Gasteiger partial charge < -0.3 is 10.6 Å². The lowest BCUT2D eigenvalue weighted by Crippen LogP contribution is -2.45. The maximum atomic E-state index is 12.1. The van der Waals surface area contributed by atoms with E-state index >= 15 is 0 Å². The smallest absolute Gasteiger partial charge is 0.253 e. The van der Waals surface area contributed by atoms with Crippen LogP contribution in [0.3, 0.4) is 0 Å². The number of carbonyl (C=O) groups excluding carboxylic acids is 2. The zero-order valence-electron chi connectivity index (χ0n) is 14.3. The van der Waals surface area contributed by atoms with Gasteiger partial charge in [0.15, 0.2) is 0 Å². The molecule has 7 heteroatoms. The molecule has 0 saturated carbocycles. The number of thioether (sulfide) groups is 1. The van der Waals surface area contributed by atoms with Crippen LogP contribution in [0.25, 0.3) is 0 Å². The van der Waals surface area contributed by atoms with Crippen molar-refractivity contribution < 1.29 is 9.59 Å². The Morgan fingerprint density at radius 2 is 1.77 bits per heavy atom. The lowest BCUT2D eigenvalue weighted by Gasteiger charge is -2.14. The minimum Gasteiger partial charge on any atom is -0.353 e. The van der Waals surface area contributed by atoms with E-state index in [2.05, 4.69) is 10.6 Å². The van der Waals surface area contributed by atoms with Crippen LogP contribution in [-0.2, 0) is 10.5 Å². The van der Waals surface area contributed by atoms with Gasteiger partial charge in [0, 0.05) is 23.1 Å². The lowest BCUT2D eigenvalue weighted by atomic mass is 10.2. The largest absolute Gasteiger partial charge is 0.353 e. The van der Waals surface area contributed by atoms with Crippen molar-refractivity contribution in [2.24, 2.45) is 0 Å². The van der Waals surface area contributed by atoms with E-state index in [1.165, 1.54) is 5.56 Å². The Labute approximate surface area is 167 Å². The topological polar surface area (TPSA) is 58.2 Å². The second-order valence-corrected chi connectivity index (χ2v) is 7.59. The van der Waals surface area contributed by atoms with E-state index in [0.717, 1.165) is 16.5 Å². The molecule has 0 heterocycles. The van der Waals surface area contributed by atoms with Crippen molar-refractivity contribution in [3.63, 3.8) is 0 Å². The number of carbonyl (C=O) groups is 2. The van der Waals surface area contributed by atoms with Crippen molar-refractivity contribution in [3.8, 4) is 0 Å². The number of hydrogen-bond acceptors (Lipinski definition) is 3. The van der Waals surface area contributed by atoms with Crippen LogP contribution in [0.15, 0.2) is 48.5 Å². The van der Waals surface area contributed by atoms with Crippen molar-refractivity contribution in [2.75, 3.05) is 12.3 Å². The molecule has 0 fully saturated rings. The predicted molar refractivity (Wildman–Crippen MR) is 109 cm³/mol. The predicted octanol–water partition coefficient (Wildman–Crippen LogP) is 4.16. The SMILES string of the molecule is C[C@H](NC(=O)c1ccccc1Cl)C(=O)NCCSCc1ccc(Cl)cc1. The Balaban J connectivity index is 1.68. The van der Waals surface area contributed by atoms with Crippen molar-refractivity contribution in [1.29, 1.82) is 0 Å². The molecular weight excluding hydrogens is 391 g/mol. The number of rotatable bonds is 8. The second kappa shape index (κ2) is 10.5. The monoisotopic (exact) mass is 410 g/mol. The van der Waals surface area contributed by atoms with Gasteiger partial charge in [-0.2, -0.15) is 11.8 Å². The molecule has 0 radical (unpaired) electrons. The van der Waals surface area contributed by atoms with Crippen LogP contribution in [0.4, 0.5) is 0 Å². The van der Waals surface area contributed by atoms with Crippen LogP contribution in [0, 0.1) is 0 Å². The lowest BCUT2D eigenvalue weighted by molar-refractivity contribution is -0.122. The van der Waals surface area contributed by atoms with Crippen LogP contribution >= 0.6 is 35.0 Å². The first-order valence-electron chi connectivity index (χ1n) is 8.12. The minimum absolute atomic E-state index is 0.225. The number of halogens is 2. The van der Waals surface area contributed by atoms with Gasteiger partial charge in [-0.3, -0.25) is 9.59 Å². The molecule has 138 valence electrons. The molecule has 0 bridgehead atoms. The Kier molecular flexibility index (Phi) is 8.29. The van der Waals surface area contributed by atoms with Gasteiger partial charge in [-0.25, -0.2) is 0 Å². The number of benzene rings is 2. The first-order chi connectivity index (χ1) is 12.5. The molecule has 2 N–H and O–H groups in total. The molecular formula is C19H20Cl2N2O2S. The van der Waals surface area contributed by atoms with Crippen molar-refractivity contribution in [3.05, 3.63) is 69.7 Å². The molecule has 1 atom stereocenters. The van der Waals surface area contributed by atoms with E-state index in [4.69, 9.17) is 23.2 Å². The molecule has 0 aliphatic heterocycles. The van der Waals surface area contributed by atoms with E-state index in [9.17, 15) is 9.59 Å². The summed E-state index contributed by atoms with van der Waals surface area (Å²) in [5.41, 5.74) is 1.54. The maximum Gasteiger partial charge on any atom is 0.253 e. The van der Waals surface area contributed by atoms with E-state index in [1.807, 2.05) is 24.3 Å². The standard InChI is InChI=1S/C19H20Cl2N2O2S/c1-13(23-19(25)16-4-2-3-5-17(16)21)18(24)22-10-11-26-12-14-6-8-15(20)9-7-14/h2-9,13H,10-12H2,1H3,(H,22,24)(H,23,25)/t13-/m0/s1. The highest BCUT2D eigenvalue weighted by Gasteiger charge is 2.17. The van der Waals surface area contributed by atoms with Gasteiger partial charge >= 0.3 is 0 Å². The van der Waals surface area contributed by atoms with Crippen molar-refractivity contribution >= 4 is 46.8 Å². The highest BCUT2D eigenvalue weighted by Crippen LogP contribution is 2.15. The summed E-state index contributed by atoms with van der Waals surface area (Å²) in [5.74, 6) is 1.04. The van der Waals surface area contributed by atoms with Crippen LogP contribution in [0.5, 0.6) is 0 Å². The summed E-state index contributed by atoms with van der Waals surface area (Å²) < 4.78 is 0. The molecule has 0 aromatic heterocycles. The van der Waals surface area contributed by atoms with E-state index in [0.29, 0.717) is 17.1 Å². The summed E-state index contributed by atoms with van der Waals surface area (Å²) >= 11 is 13.6. The highest BCUT2D eigenvalue weighted by molar-refractivity contribution is 7.98. The Bertz CT molecular complexity index is 753. The fourth-order valence-electron chi connectivity index (χ4n) is 2.16. The molecule has 2 amide bonds. The van der Waals surface area contributed by atoms with Gasteiger partial charge in [0.1, 0.15) is 6.04 Å². The molecule has 2 aromatic carbocycles. The van der Waals surface area contributed by atoms with Gasteiger partial charge in [-0.15, -0.1) is 0 Å². The van der Waals surface area contributed by atoms with Crippen LogP contribution in [0.2, 0.25) is 10.0 Å². The van der Waals surface area contributed by atoms with Gasteiger partial charge in [0.05, 0.1) is 10.6 Å². The third-order valence-electron chi connectivity index (χ3n) is 3.59. The van der Waals surface area contributed by atoms with E-state index < -0.39 is 6.04 Å². The molecule has 2 rings (SSSR count).